The summed E-state index contributed by atoms with van der Waals surface area (Å²) in [4.78, 5) is 43.5. The molecule has 0 spiro atoms. The molecule has 3 fully saturated rings. The molecule has 1 aliphatic carbocycles. The predicted octanol–water partition coefficient (Wildman–Crippen LogP) is 2.83. The molecule has 3 aromatic rings. The molecule has 7 rings (SSSR count). The van der Waals surface area contributed by atoms with Gasteiger partial charge in [-0.15, -0.1) is 0 Å². The zero-order chi connectivity index (χ0) is 27.9. The molecule has 10 nitrogen and oxygen atoms in total. The van der Waals surface area contributed by atoms with Gasteiger partial charge in [-0.1, -0.05) is 0 Å². The number of piperidine rings is 1. The van der Waals surface area contributed by atoms with E-state index in [0.29, 0.717) is 31.6 Å². The molecule has 3 atom stereocenters. The molecule has 3 aliphatic heterocycles. The Morgan fingerprint density at radius 3 is 2.80 bits per heavy atom. The van der Waals surface area contributed by atoms with Gasteiger partial charge in [0.2, 0.25) is 11.8 Å². The van der Waals surface area contributed by atoms with Crippen molar-refractivity contribution in [1.82, 2.24) is 25.0 Å². The Balaban J connectivity index is 0.931. The average Bonchev–Trinajstić information content (AvgIpc) is 3.65. The number of carbonyl (C=O) groups excluding carboxylic acids is 3. The van der Waals surface area contributed by atoms with Gasteiger partial charge in [0.1, 0.15) is 11.9 Å². The van der Waals surface area contributed by atoms with Gasteiger partial charge in [0, 0.05) is 67.3 Å². The van der Waals surface area contributed by atoms with Crippen LogP contribution in [0.2, 0.25) is 0 Å². The summed E-state index contributed by atoms with van der Waals surface area (Å²) in [7, 11) is 0. The maximum absolute atomic E-state index is 13.0. The van der Waals surface area contributed by atoms with Crippen molar-refractivity contribution in [1.29, 1.82) is 0 Å². The highest BCUT2D eigenvalue weighted by molar-refractivity contribution is 6.03. The summed E-state index contributed by atoms with van der Waals surface area (Å²) in [5.41, 5.74) is 4.91. The van der Waals surface area contributed by atoms with E-state index in [1.165, 1.54) is 0 Å². The van der Waals surface area contributed by atoms with Crippen LogP contribution in [0, 0.1) is 11.8 Å². The van der Waals surface area contributed by atoms with Crippen LogP contribution in [0.25, 0.3) is 5.69 Å². The van der Waals surface area contributed by atoms with Crippen molar-refractivity contribution >= 4 is 17.6 Å². The molecule has 0 bridgehead atoms. The number of hydrogen-bond acceptors (Lipinski definition) is 8. The number of aromatic nitrogens is 3. The van der Waals surface area contributed by atoms with E-state index in [1.54, 1.807) is 0 Å². The average molecular weight is 556 g/mol. The minimum Gasteiger partial charge on any atom is -0.489 e. The van der Waals surface area contributed by atoms with Crippen LogP contribution in [-0.2, 0) is 27.3 Å². The highest BCUT2D eigenvalue weighted by atomic mass is 16.5. The van der Waals surface area contributed by atoms with Crippen molar-refractivity contribution in [3.05, 3.63) is 71.3 Å². The van der Waals surface area contributed by atoms with E-state index in [2.05, 4.69) is 32.6 Å². The van der Waals surface area contributed by atoms with Crippen molar-refractivity contribution in [2.75, 3.05) is 26.3 Å². The minimum atomic E-state index is -0.284. The Hall–Kier alpha value is -3.89. The number of ketones is 1. The normalized spacial score (nSPS) is 24.8. The van der Waals surface area contributed by atoms with Crippen molar-refractivity contribution in [2.45, 2.75) is 50.7 Å². The Labute approximate surface area is 238 Å². The molecule has 2 unspecified atom stereocenters. The minimum absolute atomic E-state index is 0.0759. The second-order valence-corrected chi connectivity index (χ2v) is 11.7. The van der Waals surface area contributed by atoms with Gasteiger partial charge in [-0.05, 0) is 61.6 Å². The molecule has 2 amide bonds. The van der Waals surface area contributed by atoms with E-state index in [-0.39, 0.29) is 35.5 Å². The van der Waals surface area contributed by atoms with Crippen LogP contribution >= 0.6 is 0 Å². The van der Waals surface area contributed by atoms with Gasteiger partial charge in [-0.3, -0.25) is 29.6 Å². The molecule has 0 radical (unpaired) electrons. The van der Waals surface area contributed by atoms with E-state index in [4.69, 9.17) is 9.47 Å². The molecular weight excluding hydrogens is 522 g/mol. The number of ether oxygens (including phenoxy) is 2. The number of amides is 2. The number of benzene rings is 1. The number of nitrogens with one attached hydrogen (secondary N) is 1. The number of nitrogens with zero attached hydrogens (tertiary/aromatic N) is 4. The number of hydrogen-bond donors (Lipinski definition) is 1. The molecule has 2 aromatic heterocycles. The van der Waals surface area contributed by atoms with E-state index in [1.807, 2.05) is 41.3 Å². The number of rotatable bonds is 8. The van der Waals surface area contributed by atoms with Gasteiger partial charge < -0.3 is 9.47 Å². The van der Waals surface area contributed by atoms with Gasteiger partial charge in [-0.25, -0.2) is 4.68 Å². The van der Waals surface area contributed by atoms with Gasteiger partial charge >= 0.3 is 0 Å². The summed E-state index contributed by atoms with van der Waals surface area (Å²) in [6.45, 7) is 4.02. The second-order valence-electron chi connectivity index (χ2n) is 11.7. The third-order valence-corrected chi connectivity index (χ3v) is 8.76. The summed E-state index contributed by atoms with van der Waals surface area (Å²) in [6, 6.07) is 9.80. The van der Waals surface area contributed by atoms with E-state index in [0.717, 1.165) is 73.1 Å². The lowest BCUT2D eigenvalue weighted by atomic mass is 9.86. The van der Waals surface area contributed by atoms with Gasteiger partial charge in [0.05, 0.1) is 30.8 Å². The Morgan fingerprint density at radius 1 is 1.07 bits per heavy atom. The van der Waals surface area contributed by atoms with Crippen molar-refractivity contribution in [2.24, 2.45) is 11.8 Å². The first-order valence-electron chi connectivity index (χ1n) is 14.5. The number of likely N-dealkylation sites (tertiary alicyclic amines) is 1. The monoisotopic (exact) mass is 555 g/mol. The predicted molar refractivity (Wildman–Crippen MR) is 148 cm³/mol. The lowest BCUT2D eigenvalue weighted by Gasteiger charge is -2.25. The lowest BCUT2D eigenvalue weighted by Crippen LogP contribution is -2.41. The molecule has 212 valence electrons. The lowest BCUT2D eigenvalue weighted by molar-refractivity contribution is -0.136. The van der Waals surface area contributed by atoms with E-state index < -0.39 is 0 Å². The van der Waals surface area contributed by atoms with Crippen LogP contribution in [0.1, 0.15) is 58.8 Å². The van der Waals surface area contributed by atoms with Crippen LogP contribution < -0.4 is 10.1 Å². The highest BCUT2D eigenvalue weighted by Crippen LogP contribution is 2.35. The van der Waals surface area contributed by atoms with Crippen LogP contribution in [0.5, 0.6) is 5.75 Å². The van der Waals surface area contributed by atoms with Crippen molar-refractivity contribution < 1.29 is 23.9 Å². The maximum atomic E-state index is 13.0. The number of fused-ring (bicyclic) bond motifs is 1. The molecule has 5 heterocycles. The number of carbonyl (C=O) groups is 3. The molecule has 41 heavy (non-hydrogen) atoms. The largest absolute Gasteiger partial charge is 0.489 e. The molecule has 3 saturated heterocycles. The molecular formula is C31H33N5O5. The quantitative estimate of drug-likeness (QED) is 0.422. The maximum Gasteiger partial charge on any atom is 0.229 e. The fourth-order valence-corrected chi connectivity index (χ4v) is 6.41. The fourth-order valence-electron chi connectivity index (χ4n) is 6.41. The third kappa shape index (κ3) is 5.41. The second kappa shape index (κ2) is 10.8. The zero-order valence-corrected chi connectivity index (χ0v) is 22.8. The van der Waals surface area contributed by atoms with E-state index in [9.17, 15) is 14.4 Å². The summed E-state index contributed by atoms with van der Waals surface area (Å²) in [5, 5.41) is 6.99. The SMILES string of the molecule is O=C1CCC(CC2Cc3cc(O[C@H]4CCN(Cc5cnn(-c6ccnc(C7COC7)c6)c5)C4)ccc3C2=O)C(=O)N1. The standard InChI is InChI=1S/C31H33N5O5/c37-29-4-1-20(31(39)34-29)9-22-10-21-11-25(2-3-27(21)30(22)38)41-26-6-8-35(16-26)14-19-13-33-36(15-19)24-5-7-32-28(12-24)23-17-40-18-23/h2-3,5,7,11-13,15,20,22-23,26H,1,4,6,8-10,14,16-18H2,(H,34,37,39)/t20?,22?,26-/m0/s1. The van der Waals surface area contributed by atoms with E-state index >= 15 is 0 Å². The zero-order valence-electron chi connectivity index (χ0n) is 22.8. The topological polar surface area (TPSA) is 116 Å². The van der Waals surface area contributed by atoms with Crippen molar-refractivity contribution in [3.8, 4) is 11.4 Å². The van der Waals surface area contributed by atoms with Crippen molar-refractivity contribution in [3.63, 3.8) is 0 Å². The fraction of sp³-hybridized carbons (Fsp3) is 0.452. The van der Waals surface area contributed by atoms with Gasteiger partial charge in [-0.2, -0.15) is 5.10 Å². The molecule has 1 aromatic carbocycles. The Kier molecular flexibility index (Phi) is 6.88. The summed E-state index contributed by atoms with van der Waals surface area (Å²) in [5.74, 6) is 0.251. The Bertz CT molecular complexity index is 1500. The van der Waals surface area contributed by atoms with Gasteiger partial charge in [0.25, 0.3) is 0 Å². The summed E-state index contributed by atoms with van der Waals surface area (Å²) in [6.07, 6.45) is 8.78. The molecule has 4 aliphatic rings. The Morgan fingerprint density at radius 2 is 1.98 bits per heavy atom. The summed E-state index contributed by atoms with van der Waals surface area (Å²) >= 11 is 0. The first-order valence-corrected chi connectivity index (χ1v) is 14.5. The van der Waals surface area contributed by atoms with Crippen LogP contribution in [0.3, 0.4) is 0 Å². The molecule has 10 heteroatoms. The van der Waals surface area contributed by atoms with Crippen LogP contribution in [-0.4, -0.2) is 69.7 Å². The first kappa shape index (κ1) is 26.0. The molecule has 1 N–H and O–H groups in total. The van der Waals surface area contributed by atoms with Gasteiger partial charge in [0.15, 0.2) is 5.78 Å². The first-order chi connectivity index (χ1) is 20.0. The van der Waals surface area contributed by atoms with Crippen LogP contribution in [0.15, 0.2) is 48.9 Å². The summed E-state index contributed by atoms with van der Waals surface area (Å²) < 4.78 is 13.6. The highest BCUT2D eigenvalue weighted by Gasteiger charge is 2.36. The third-order valence-electron chi connectivity index (χ3n) is 8.76. The number of Topliss-reactive ketones (excluding diaryl/α,β-unsaturated/α-hetero) is 1. The number of pyridine rings is 1. The van der Waals surface area contributed by atoms with Crippen LogP contribution in [0.4, 0.5) is 0 Å². The smallest absolute Gasteiger partial charge is 0.229 e. The number of imide groups is 1. The molecule has 0 saturated carbocycles.